The highest BCUT2D eigenvalue weighted by Gasteiger charge is 2.11. The Balaban J connectivity index is 1.95. The van der Waals surface area contributed by atoms with Crippen LogP contribution in [0.5, 0.6) is 11.5 Å². The molecule has 1 aliphatic heterocycles. The molecule has 1 aliphatic rings. The number of methoxy groups -OCH3 is 1. The van der Waals surface area contributed by atoms with Gasteiger partial charge in [0.25, 0.3) is 0 Å². The van der Waals surface area contributed by atoms with E-state index in [1.807, 2.05) is 18.2 Å². The summed E-state index contributed by atoms with van der Waals surface area (Å²) in [7, 11) is 1.49. The molecule has 0 radical (unpaired) electrons. The molecule has 1 amide bonds. The van der Waals surface area contributed by atoms with Crippen molar-refractivity contribution >= 4 is 5.91 Å². The Bertz CT molecular complexity index is 405. The summed E-state index contributed by atoms with van der Waals surface area (Å²) in [5, 5.41) is 2.75. The number of benzene rings is 1. The molecule has 0 atom stereocenters. The third-order valence-electron chi connectivity index (χ3n) is 2.37. The van der Waals surface area contributed by atoms with E-state index in [4.69, 9.17) is 14.2 Å². The summed E-state index contributed by atoms with van der Waals surface area (Å²) in [6.45, 7) is 1.67. The standard InChI is InChI=1S/C12H15NO4/c1-15-8-12(14)13-7-9-2-3-10-11(6-9)17-5-4-16-10/h2-3,6H,4-5,7-8H2,1H3,(H,13,14). The van der Waals surface area contributed by atoms with Crippen LogP contribution in [0.1, 0.15) is 5.56 Å². The van der Waals surface area contributed by atoms with Crippen LogP contribution in [0.3, 0.4) is 0 Å². The van der Waals surface area contributed by atoms with Crippen LogP contribution in [-0.4, -0.2) is 32.8 Å². The van der Waals surface area contributed by atoms with E-state index in [1.165, 1.54) is 7.11 Å². The molecule has 2 rings (SSSR count). The molecule has 0 aromatic heterocycles. The topological polar surface area (TPSA) is 56.8 Å². The largest absolute Gasteiger partial charge is 0.486 e. The van der Waals surface area contributed by atoms with Gasteiger partial charge in [0.05, 0.1) is 0 Å². The number of carbonyl (C=O) groups is 1. The number of hydrogen-bond acceptors (Lipinski definition) is 4. The van der Waals surface area contributed by atoms with Crippen molar-refractivity contribution < 1.29 is 19.0 Å². The van der Waals surface area contributed by atoms with Gasteiger partial charge in [0.1, 0.15) is 19.8 Å². The first kappa shape index (κ1) is 11.7. The molecule has 0 bridgehead atoms. The monoisotopic (exact) mass is 237 g/mol. The SMILES string of the molecule is COCC(=O)NCc1ccc2c(c1)OCCO2. The van der Waals surface area contributed by atoms with Crippen LogP contribution in [0.2, 0.25) is 0 Å². The van der Waals surface area contributed by atoms with Gasteiger partial charge in [-0.2, -0.15) is 0 Å². The van der Waals surface area contributed by atoms with Gasteiger partial charge in [-0.3, -0.25) is 4.79 Å². The van der Waals surface area contributed by atoms with Crippen LogP contribution in [0, 0.1) is 0 Å². The van der Waals surface area contributed by atoms with E-state index >= 15 is 0 Å². The highest BCUT2D eigenvalue weighted by Crippen LogP contribution is 2.30. The minimum Gasteiger partial charge on any atom is -0.486 e. The summed E-state index contributed by atoms with van der Waals surface area (Å²) in [4.78, 5) is 11.2. The zero-order valence-electron chi connectivity index (χ0n) is 9.69. The second-order valence-electron chi connectivity index (χ2n) is 3.69. The molecule has 17 heavy (non-hydrogen) atoms. The minimum absolute atomic E-state index is 0.0740. The van der Waals surface area contributed by atoms with Gasteiger partial charge in [0.2, 0.25) is 5.91 Å². The first-order chi connectivity index (χ1) is 8.29. The lowest BCUT2D eigenvalue weighted by molar-refractivity contribution is -0.124. The molecule has 1 heterocycles. The summed E-state index contributed by atoms with van der Waals surface area (Å²) in [6, 6.07) is 5.63. The van der Waals surface area contributed by atoms with E-state index in [0.29, 0.717) is 19.8 Å². The smallest absolute Gasteiger partial charge is 0.246 e. The molecular weight excluding hydrogens is 222 g/mol. The van der Waals surface area contributed by atoms with E-state index in [0.717, 1.165) is 17.1 Å². The minimum atomic E-state index is -0.137. The summed E-state index contributed by atoms with van der Waals surface area (Å²) in [5.41, 5.74) is 0.971. The van der Waals surface area contributed by atoms with Crippen LogP contribution in [0.25, 0.3) is 0 Å². The normalized spacial score (nSPS) is 13.2. The Hall–Kier alpha value is -1.75. The number of amides is 1. The van der Waals surface area contributed by atoms with Crippen molar-refractivity contribution in [3.8, 4) is 11.5 Å². The Morgan fingerprint density at radius 2 is 2.12 bits per heavy atom. The highest BCUT2D eigenvalue weighted by atomic mass is 16.6. The number of nitrogens with one attached hydrogen (secondary N) is 1. The van der Waals surface area contributed by atoms with Crippen molar-refractivity contribution in [1.29, 1.82) is 0 Å². The van der Waals surface area contributed by atoms with Crippen molar-refractivity contribution in [3.05, 3.63) is 23.8 Å². The summed E-state index contributed by atoms with van der Waals surface area (Å²) >= 11 is 0. The predicted octanol–water partition coefficient (Wildman–Crippen LogP) is 0.720. The van der Waals surface area contributed by atoms with Gasteiger partial charge in [-0.15, -0.1) is 0 Å². The van der Waals surface area contributed by atoms with Crippen LogP contribution >= 0.6 is 0 Å². The molecule has 1 N–H and O–H groups in total. The Morgan fingerprint density at radius 3 is 2.88 bits per heavy atom. The Morgan fingerprint density at radius 1 is 1.35 bits per heavy atom. The number of hydrogen-bond donors (Lipinski definition) is 1. The molecule has 5 nitrogen and oxygen atoms in total. The summed E-state index contributed by atoms with van der Waals surface area (Å²) in [6.07, 6.45) is 0. The zero-order chi connectivity index (χ0) is 12.1. The molecule has 0 saturated heterocycles. The maximum absolute atomic E-state index is 11.2. The van der Waals surface area contributed by atoms with Crippen molar-refractivity contribution in [2.24, 2.45) is 0 Å². The zero-order valence-corrected chi connectivity index (χ0v) is 9.69. The maximum atomic E-state index is 11.2. The van der Waals surface area contributed by atoms with Crippen LogP contribution in [-0.2, 0) is 16.1 Å². The fourth-order valence-corrected chi connectivity index (χ4v) is 1.58. The van der Waals surface area contributed by atoms with Gasteiger partial charge < -0.3 is 19.5 Å². The lowest BCUT2D eigenvalue weighted by Gasteiger charge is -2.18. The van der Waals surface area contributed by atoms with Crippen LogP contribution < -0.4 is 14.8 Å². The van der Waals surface area contributed by atoms with Crippen molar-refractivity contribution in [2.75, 3.05) is 26.9 Å². The molecule has 0 fully saturated rings. The van der Waals surface area contributed by atoms with Gasteiger partial charge >= 0.3 is 0 Å². The fraction of sp³-hybridized carbons (Fsp3) is 0.417. The number of carbonyl (C=O) groups excluding carboxylic acids is 1. The van der Waals surface area contributed by atoms with Crippen molar-refractivity contribution in [3.63, 3.8) is 0 Å². The average Bonchev–Trinajstić information content (AvgIpc) is 2.36. The molecule has 1 aromatic carbocycles. The van der Waals surface area contributed by atoms with E-state index < -0.39 is 0 Å². The highest BCUT2D eigenvalue weighted by molar-refractivity contribution is 5.77. The van der Waals surface area contributed by atoms with Gasteiger partial charge in [0, 0.05) is 13.7 Å². The van der Waals surface area contributed by atoms with E-state index in [2.05, 4.69) is 5.32 Å². The summed E-state index contributed by atoms with van der Waals surface area (Å²) < 4.78 is 15.6. The second-order valence-corrected chi connectivity index (χ2v) is 3.69. The second kappa shape index (κ2) is 5.54. The van der Waals surface area contributed by atoms with Gasteiger partial charge in [-0.25, -0.2) is 0 Å². The molecular formula is C12H15NO4. The maximum Gasteiger partial charge on any atom is 0.246 e. The van der Waals surface area contributed by atoms with Crippen molar-refractivity contribution in [2.45, 2.75) is 6.54 Å². The van der Waals surface area contributed by atoms with Crippen LogP contribution in [0.4, 0.5) is 0 Å². The number of fused-ring (bicyclic) bond motifs is 1. The average molecular weight is 237 g/mol. The van der Waals surface area contributed by atoms with E-state index in [1.54, 1.807) is 0 Å². The third kappa shape index (κ3) is 3.10. The quantitative estimate of drug-likeness (QED) is 0.838. The molecule has 0 unspecified atom stereocenters. The van der Waals surface area contributed by atoms with Gasteiger partial charge in [-0.05, 0) is 17.7 Å². The molecule has 0 aliphatic carbocycles. The first-order valence-electron chi connectivity index (χ1n) is 5.44. The van der Waals surface area contributed by atoms with Crippen LogP contribution in [0.15, 0.2) is 18.2 Å². The van der Waals surface area contributed by atoms with Gasteiger partial charge in [-0.1, -0.05) is 6.07 Å². The van der Waals surface area contributed by atoms with E-state index in [9.17, 15) is 4.79 Å². The number of ether oxygens (including phenoxy) is 3. The molecule has 1 aromatic rings. The Labute approximate surface area is 99.7 Å². The predicted molar refractivity (Wildman–Crippen MR) is 61.2 cm³/mol. The van der Waals surface area contributed by atoms with Gasteiger partial charge in [0.15, 0.2) is 11.5 Å². The third-order valence-corrected chi connectivity index (χ3v) is 2.37. The lowest BCUT2D eigenvalue weighted by atomic mass is 10.2. The molecule has 92 valence electrons. The van der Waals surface area contributed by atoms with E-state index in [-0.39, 0.29) is 12.5 Å². The molecule has 0 saturated carbocycles. The fourth-order valence-electron chi connectivity index (χ4n) is 1.58. The lowest BCUT2D eigenvalue weighted by Crippen LogP contribution is -2.26. The first-order valence-corrected chi connectivity index (χ1v) is 5.44. The number of rotatable bonds is 4. The molecule has 5 heteroatoms. The Kier molecular flexibility index (Phi) is 3.82. The van der Waals surface area contributed by atoms with Crippen molar-refractivity contribution in [1.82, 2.24) is 5.32 Å². The molecule has 0 spiro atoms. The summed E-state index contributed by atoms with van der Waals surface area (Å²) in [5.74, 6) is 1.35.